The summed E-state index contributed by atoms with van der Waals surface area (Å²) in [5.74, 6) is 1.43. The number of hydrogen-bond donors (Lipinski definition) is 2. The molecule has 0 bridgehead atoms. The van der Waals surface area contributed by atoms with Crippen LogP contribution >= 0.6 is 0 Å². The Morgan fingerprint density at radius 1 is 1.03 bits per heavy atom. The average Bonchev–Trinajstić information content (AvgIpc) is 3.46. The van der Waals surface area contributed by atoms with Gasteiger partial charge in [-0.15, -0.1) is 0 Å². The van der Waals surface area contributed by atoms with Crippen molar-refractivity contribution in [1.82, 2.24) is 0 Å². The van der Waals surface area contributed by atoms with Crippen LogP contribution in [0.1, 0.15) is 31.0 Å². The van der Waals surface area contributed by atoms with E-state index in [2.05, 4.69) is 5.32 Å². The maximum atomic E-state index is 13.3. The van der Waals surface area contributed by atoms with Crippen molar-refractivity contribution in [3.05, 3.63) is 77.4 Å². The Bertz CT molecular complexity index is 1140. The third-order valence-corrected chi connectivity index (χ3v) is 6.04. The number of fused-ring (bicyclic) bond motifs is 1. The summed E-state index contributed by atoms with van der Waals surface area (Å²) >= 11 is 0. The summed E-state index contributed by atoms with van der Waals surface area (Å²) in [5, 5.41) is 12.6. The summed E-state index contributed by atoms with van der Waals surface area (Å²) in [6.07, 6.45) is 1.63. The van der Waals surface area contributed by atoms with E-state index in [1.54, 1.807) is 0 Å². The number of aliphatic hydroxyl groups is 1. The molecule has 5 heteroatoms. The Morgan fingerprint density at radius 3 is 2.63 bits per heavy atom. The van der Waals surface area contributed by atoms with Gasteiger partial charge in [0.2, 0.25) is 12.7 Å². The van der Waals surface area contributed by atoms with E-state index < -0.39 is 5.41 Å². The molecular formula is C25H25NO4. The van der Waals surface area contributed by atoms with Crippen LogP contribution in [0, 0.1) is 6.92 Å². The lowest BCUT2D eigenvalue weighted by atomic mass is 9.94. The number of aryl methyl sites for hydroxylation is 1. The Labute approximate surface area is 176 Å². The van der Waals surface area contributed by atoms with E-state index in [1.807, 2.05) is 67.6 Å². The van der Waals surface area contributed by atoms with Crippen molar-refractivity contribution in [3.63, 3.8) is 0 Å². The number of amides is 1. The molecule has 0 atom stereocenters. The molecule has 3 aromatic carbocycles. The molecule has 0 unspecified atom stereocenters. The second kappa shape index (κ2) is 7.18. The van der Waals surface area contributed by atoms with E-state index >= 15 is 0 Å². The van der Waals surface area contributed by atoms with Crippen LogP contribution in [0.4, 0.5) is 5.69 Å². The van der Waals surface area contributed by atoms with Crippen LogP contribution in [0.25, 0.3) is 11.1 Å². The van der Waals surface area contributed by atoms with Crippen molar-refractivity contribution in [2.75, 3.05) is 12.1 Å². The molecule has 154 valence electrons. The monoisotopic (exact) mass is 403 g/mol. The first-order valence-corrected chi connectivity index (χ1v) is 10.1. The fourth-order valence-electron chi connectivity index (χ4n) is 3.99. The minimum absolute atomic E-state index is 0. The molecule has 2 N–H and O–H groups in total. The van der Waals surface area contributed by atoms with E-state index in [4.69, 9.17) is 9.47 Å². The third-order valence-electron chi connectivity index (χ3n) is 6.04. The number of carbonyl (C=O) groups excluding carboxylic acids is 1. The van der Waals surface area contributed by atoms with E-state index in [9.17, 15) is 9.90 Å². The summed E-state index contributed by atoms with van der Waals surface area (Å²) in [7, 11) is 0. The molecule has 0 radical (unpaired) electrons. The summed E-state index contributed by atoms with van der Waals surface area (Å²) in [6, 6.07) is 19.6. The molecule has 1 aliphatic heterocycles. The maximum absolute atomic E-state index is 13.3. The quantitative estimate of drug-likeness (QED) is 0.642. The van der Waals surface area contributed by atoms with Gasteiger partial charge >= 0.3 is 0 Å². The number of nitrogens with one attached hydrogen (secondary N) is 1. The predicted octanol–water partition coefficient (Wildman–Crippen LogP) is 4.80. The first kappa shape index (κ1) is 18.7. The van der Waals surface area contributed by atoms with Crippen LogP contribution < -0.4 is 14.8 Å². The number of hydrogen-bond acceptors (Lipinski definition) is 4. The van der Waals surface area contributed by atoms with Gasteiger partial charge in [-0.2, -0.15) is 0 Å². The Morgan fingerprint density at radius 2 is 1.83 bits per heavy atom. The molecule has 1 heterocycles. The van der Waals surface area contributed by atoms with Crippen molar-refractivity contribution < 1.29 is 20.8 Å². The lowest BCUT2D eigenvalue weighted by Gasteiger charge is -2.18. The highest BCUT2D eigenvalue weighted by atomic mass is 16.7. The number of anilines is 1. The molecule has 2 aliphatic rings. The van der Waals surface area contributed by atoms with Crippen LogP contribution in [0.2, 0.25) is 0 Å². The van der Waals surface area contributed by atoms with Gasteiger partial charge in [-0.05, 0) is 71.8 Å². The van der Waals surface area contributed by atoms with Crippen molar-refractivity contribution in [2.24, 2.45) is 0 Å². The topological polar surface area (TPSA) is 67.8 Å². The average molecular weight is 403 g/mol. The predicted molar refractivity (Wildman–Crippen MR) is 117 cm³/mol. The number of aliphatic hydroxyl groups excluding tert-OH is 1. The van der Waals surface area contributed by atoms with Crippen molar-refractivity contribution in [3.8, 4) is 22.6 Å². The van der Waals surface area contributed by atoms with Crippen LogP contribution in [0.5, 0.6) is 11.5 Å². The van der Waals surface area contributed by atoms with Gasteiger partial charge in [-0.1, -0.05) is 36.4 Å². The summed E-state index contributed by atoms with van der Waals surface area (Å²) in [5.41, 5.74) is 5.13. The molecule has 30 heavy (non-hydrogen) atoms. The Hall–Kier alpha value is -3.31. The second-order valence-electron chi connectivity index (χ2n) is 7.99. The minimum atomic E-state index is -0.514. The lowest BCUT2D eigenvalue weighted by Crippen LogP contribution is -2.28. The molecule has 0 spiro atoms. The van der Waals surface area contributed by atoms with E-state index in [-0.39, 0.29) is 20.7 Å². The van der Waals surface area contributed by atoms with Crippen LogP contribution in [0.3, 0.4) is 0 Å². The van der Waals surface area contributed by atoms with Crippen LogP contribution in [0.15, 0.2) is 60.7 Å². The molecule has 0 saturated heterocycles. The van der Waals surface area contributed by atoms with Gasteiger partial charge in [0.05, 0.1) is 12.0 Å². The van der Waals surface area contributed by atoms with Gasteiger partial charge in [-0.25, -0.2) is 0 Å². The number of carbonyl (C=O) groups is 1. The van der Waals surface area contributed by atoms with Crippen LogP contribution in [-0.4, -0.2) is 17.8 Å². The normalized spacial score (nSPS) is 15.7. The number of benzene rings is 3. The highest BCUT2D eigenvalue weighted by Crippen LogP contribution is 2.51. The number of ether oxygens (including phenoxy) is 2. The second-order valence-corrected chi connectivity index (χ2v) is 7.99. The van der Waals surface area contributed by atoms with Gasteiger partial charge in [0.15, 0.2) is 11.5 Å². The third kappa shape index (κ3) is 3.21. The zero-order valence-corrected chi connectivity index (χ0v) is 16.8. The molecule has 1 fully saturated rings. The summed E-state index contributed by atoms with van der Waals surface area (Å²) < 4.78 is 10.9. The van der Waals surface area contributed by atoms with Gasteiger partial charge < -0.3 is 19.9 Å². The first-order valence-electron chi connectivity index (χ1n) is 10.1. The van der Waals surface area contributed by atoms with Gasteiger partial charge in [0.1, 0.15) is 0 Å². The summed E-state index contributed by atoms with van der Waals surface area (Å²) in [6.45, 7) is 2.21. The first-order chi connectivity index (χ1) is 14.6. The SMILES string of the molecule is Cc1ccc(-c2cccc(CO)c2)cc1NC(=O)C1(c2ccc3c(c2)OCO3)CC1.[HH]. The molecule has 5 nitrogen and oxygen atoms in total. The highest BCUT2D eigenvalue weighted by molar-refractivity contribution is 6.02. The largest absolute Gasteiger partial charge is 0.454 e. The van der Waals surface area contributed by atoms with Gasteiger partial charge in [-0.3, -0.25) is 4.79 Å². The minimum Gasteiger partial charge on any atom is -0.454 e. The van der Waals surface area contributed by atoms with E-state index in [1.165, 1.54) is 0 Å². The van der Waals surface area contributed by atoms with E-state index in [0.717, 1.165) is 52.1 Å². The summed E-state index contributed by atoms with van der Waals surface area (Å²) in [4.78, 5) is 13.3. The molecule has 0 aromatic heterocycles. The van der Waals surface area contributed by atoms with Crippen LogP contribution in [-0.2, 0) is 16.8 Å². The van der Waals surface area contributed by atoms with Gasteiger partial charge in [0.25, 0.3) is 0 Å². The maximum Gasteiger partial charge on any atom is 0.235 e. The highest BCUT2D eigenvalue weighted by Gasteiger charge is 2.51. The lowest BCUT2D eigenvalue weighted by molar-refractivity contribution is -0.118. The molecule has 1 saturated carbocycles. The van der Waals surface area contributed by atoms with Crippen molar-refractivity contribution in [2.45, 2.75) is 31.8 Å². The molecule has 3 aromatic rings. The van der Waals surface area contributed by atoms with Gasteiger partial charge in [0, 0.05) is 7.11 Å². The van der Waals surface area contributed by atoms with E-state index in [0.29, 0.717) is 5.75 Å². The fraction of sp³-hybridized carbons (Fsp3) is 0.240. The zero-order valence-electron chi connectivity index (χ0n) is 16.8. The Balaban J connectivity index is 0.00000231. The molecular weight excluding hydrogens is 378 g/mol. The fourth-order valence-corrected chi connectivity index (χ4v) is 3.99. The van der Waals surface area contributed by atoms with Crippen molar-refractivity contribution >= 4 is 11.6 Å². The smallest absolute Gasteiger partial charge is 0.235 e. The van der Waals surface area contributed by atoms with Crippen molar-refractivity contribution in [1.29, 1.82) is 0 Å². The molecule has 1 amide bonds. The molecule has 1 aliphatic carbocycles. The standard InChI is InChI=1S/C25H23NO4.H2/c1-16-5-6-19(18-4-2-3-17(11-18)14-27)12-21(16)26-24(28)25(9-10-25)20-7-8-22-23(13-20)30-15-29-22;/h2-8,11-13,27H,9-10,14-15H2,1H3,(H,26,28);1H. The Kier molecular flexibility index (Phi) is 4.48. The zero-order chi connectivity index (χ0) is 20.7. The number of rotatable bonds is 5. The molecule has 5 rings (SSSR count).